The lowest BCUT2D eigenvalue weighted by atomic mass is 10.1. The van der Waals surface area contributed by atoms with Gasteiger partial charge in [-0.15, -0.1) is 0 Å². The predicted molar refractivity (Wildman–Crippen MR) is 97.2 cm³/mol. The second-order valence-electron chi connectivity index (χ2n) is 5.80. The van der Waals surface area contributed by atoms with Crippen molar-refractivity contribution in [3.8, 4) is 5.75 Å². The van der Waals surface area contributed by atoms with Crippen molar-refractivity contribution in [2.75, 3.05) is 7.11 Å². The summed E-state index contributed by atoms with van der Waals surface area (Å²) >= 11 is 0. The molecule has 1 aromatic heterocycles. The number of benzene rings is 2. The fourth-order valence-electron chi connectivity index (χ4n) is 2.74. The zero-order chi connectivity index (χ0) is 19.6. The first kappa shape index (κ1) is 18.1. The lowest BCUT2D eigenvalue weighted by molar-refractivity contribution is -0.386. The topological polar surface area (TPSA) is 112 Å². The SMILES string of the molecule is COC(=O)c1ccc(O[C@H](C)C(=O)c2c[nH]c3ccccc23)c([N+](=O)[O-])c1. The van der Waals surface area contributed by atoms with E-state index in [9.17, 15) is 19.7 Å². The summed E-state index contributed by atoms with van der Waals surface area (Å²) in [6.07, 6.45) is 0.619. The van der Waals surface area contributed by atoms with Gasteiger partial charge in [0, 0.05) is 28.7 Å². The van der Waals surface area contributed by atoms with E-state index in [0.717, 1.165) is 17.0 Å². The smallest absolute Gasteiger partial charge is 0.338 e. The van der Waals surface area contributed by atoms with Gasteiger partial charge >= 0.3 is 11.7 Å². The number of fused-ring (bicyclic) bond motifs is 1. The maximum Gasteiger partial charge on any atom is 0.338 e. The maximum atomic E-state index is 12.7. The largest absolute Gasteiger partial charge is 0.475 e. The highest BCUT2D eigenvalue weighted by atomic mass is 16.6. The number of hydrogen-bond donors (Lipinski definition) is 1. The first-order valence-electron chi connectivity index (χ1n) is 8.06. The summed E-state index contributed by atoms with van der Waals surface area (Å²) in [6, 6.07) is 11.0. The van der Waals surface area contributed by atoms with E-state index in [1.807, 2.05) is 18.2 Å². The van der Waals surface area contributed by atoms with Crippen LogP contribution in [0.1, 0.15) is 27.6 Å². The Hall–Kier alpha value is -3.68. The van der Waals surface area contributed by atoms with Crippen molar-refractivity contribution < 1.29 is 24.0 Å². The number of carbonyl (C=O) groups is 2. The molecular formula is C19H16N2O6. The van der Waals surface area contributed by atoms with Crippen LogP contribution in [0.2, 0.25) is 0 Å². The van der Waals surface area contributed by atoms with Crippen LogP contribution in [0.15, 0.2) is 48.7 Å². The number of nitrogens with one attached hydrogen (secondary N) is 1. The number of nitro groups is 1. The molecular weight excluding hydrogens is 352 g/mol. The molecule has 0 saturated carbocycles. The Kier molecular flexibility index (Phi) is 4.89. The summed E-state index contributed by atoms with van der Waals surface area (Å²) < 4.78 is 10.1. The number of nitrogens with zero attached hydrogens (tertiary/aromatic N) is 1. The molecule has 0 aliphatic rings. The number of para-hydroxylation sites is 1. The summed E-state index contributed by atoms with van der Waals surface area (Å²) in [5, 5.41) is 12.1. The van der Waals surface area contributed by atoms with Gasteiger partial charge < -0.3 is 14.5 Å². The molecule has 3 rings (SSSR count). The Bertz CT molecular complexity index is 1040. The van der Waals surface area contributed by atoms with Crippen molar-refractivity contribution in [2.45, 2.75) is 13.0 Å². The minimum Gasteiger partial charge on any atom is -0.475 e. The lowest BCUT2D eigenvalue weighted by Gasteiger charge is -2.14. The van der Waals surface area contributed by atoms with E-state index in [4.69, 9.17) is 4.74 Å². The average Bonchev–Trinajstić information content (AvgIpc) is 3.10. The van der Waals surface area contributed by atoms with Gasteiger partial charge in [-0.05, 0) is 25.1 Å². The molecule has 0 saturated heterocycles. The Morgan fingerprint density at radius 1 is 1.19 bits per heavy atom. The Morgan fingerprint density at radius 3 is 2.63 bits per heavy atom. The number of Topliss-reactive ketones (excluding diaryl/α,β-unsaturated/α-hetero) is 1. The van der Waals surface area contributed by atoms with Crippen molar-refractivity contribution in [2.24, 2.45) is 0 Å². The van der Waals surface area contributed by atoms with Gasteiger partial charge in [-0.3, -0.25) is 14.9 Å². The highest BCUT2D eigenvalue weighted by Gasteiger charge is 2.25. The zero-order valence-corrected chi connectivity index (χ0v) is 14.6. The molecule has 0 aliphatic carbocycles. The molecule has 0 radical (unpaired) electrons. The maximum absolute atomic E-state index is 12.7. The van der Waals surface area contributed by atoms with Crippen molar-refractivity contribution in [1.82, 2.24) is 4.98 Å². The summed E-state index contributed by atoms with van der Waals surface area (Å²) in [5.74, 6) is -1.13. The molecule has 0 unspecified atom stereocenters. The third-order valence-corrected chi connectivity index (χ3v) is 4.10. The van der Waals surface area contributed by atoms with Gasteiger partial charge in [0.1, 0.15) is 0 Å². The fourth-order valence-corrected chi connectivity index (χ4v) is 2.74. The van der Waals surface area contributed by atoms with Gasteiger partial charge in [-0.2, -0.15) is 0 Å². The molecule has 1 heterocycles. The van der Waals surface area contributed by atoms with E-state index in [-0.39, 0.29) is 17.1 Å². The van der Waals surface area contributed by atoms with Crippen LogP contribution in [-0.4, -0.2) is 34.9 Å². The second-order valence-corrected chi connectivity index (χ2v) is 5.80. The number of ketones is 1. The van der Waals surface area contributed by atoms with Crippen molar-refractivity contribution in [1.29, 1.82) is 0 Å². The number of aromatic nitrogens is 1. The van der Waals surface area contributed by atoms with E-state index in [2.05, 4.69) is 9.72 Å². The molecule has 0 aliphatic heterocycles. The van der Waals surface area contributed by atoms with Gasteiger partial charge in [0.05, 0.1) is 17.6 Å². The van der Waals surface area contributed by atoms with Crippen LogP contribution in [0.3, 0.4) is 0 Å². The molecule has 8 heteroatoms. The normalized spacial score (nSPS) is 11.8. The third kappa shape index (κ3) is 3.50. The number of hydrogen-bond acceptors (Lipinski definition) is 6. The summed E-state index contributed by atoms with van der Waals surface area (Å²) in [5.41, 5.74) is 0.844. The quantitative estimate of drug-likeness (QED) is 0.308. The van der Waals surface area contributed by atoms with E-state index in [0.29, 0.717) is 5.56 Å². The van der Waals surface area contributed by atoms with Gasteiger partial charge in [0.25, 0.3) is 0 Å². The van der Waals surface area contributed by atoms with Crippen LogP contribution >= 0.6 is 0 Å². The van der Waals surface area contributed by atoms with Crippen LogP contribution < -0.4 is 4.74 Å². The summed E-state index contributed by atoms with van der Waals surface area (Å²) in [4.78, 5) is 38.0. The predicted octanol–water partition coefficient (Wildman–Crippen LogP) is 3.51. The molecule has 1 N–H and O–H groups in total. The van der Waals surface area contributed by atoms with Crippen molar-refractivity contribution >= 4 is 28.3 Å². The average molecular weight is 368 g/mol. The van der Waals surface area contributed by atoms with E-state index < -0.39 is 22.7 Å². The van der Waals surface area contributed by atoms with E-state index in [1.54, 1.807) is 12.3 Å². The van der Waals surface area contributed by atoms with Gasteiger partial charge in [0.2, 0.25) is 5.78 Å². The number of carbonyl (C=O) groups excluding carboxylic acids is 2. The number of methoxy groups -OCH3 is 1. The number of H-pyrrole nitrogens is 1. The minimum absolute atomic E-state index is 0.0205. The molecule has 2 aromatic carbocycles. The number of nitro benzene ring substituents is 1. The molecule has 27 heavy (non-hydrogen) atoms. The third-order valence-electron chi connectivity index (χ3n) is 4.10. The Labute approximate surface area is 153 Å². The fraction of sp³-hybridized carbons (Fsp3) is 0.158. The van der Waals surface area contributed by atoms with Gasteiger partial charge in [0.15, 0.2) is 11.9 Å². The van der Waals surface area contributed by atoms with Crippen LogP contribution in [0.5, 0.6) is 5.75 Å². The van der Waals surface area contributed by atoms with Gasteiger partial charge in [-0.25, -0.2) is 4.79 Å². The van der Waals surface area contributed by atoms with E-state index in [1.165, 1.54) is 26.2 Å². The van der Waals surface area contributed by atoms with E-state index >= 15 is 0 Å². The molecule has 0 bridgehead atoms. The second kappa shape index (κ2) is 7.28. The highest BCUT2D eigenvalue weighted by molar-refractivity contribution is 6.09. The summed E-state index contributed by atoms with van der Waals surface area (Å²) in [6.45, 7) is 1.52. The van der Waals surface area contributed by atoms with Crippen molar-refractivity contribution in [3.05, 3.63) is 69.9 Å². The van der Waals surface area contributed by atoms with Crippen molar-refractivity contribution in [3.63, 3.8) is 0 Å². The zero-order valence-electron chi connectivity index (χ0n) is 14.6. The highest BCUT2D eigenvalue weighted by Crippen LogP contribution is 2.30. The monoisotopic (exact) mass is 368 g/mol. The van der Waals surface area contributed by atoms with Crippen LogP contribution in [0.4, 0.5) is 5.69 Å². The standard InChI is InChI=1S/C19H16N2O6/c1-11(18(22)14-10-20-15-6-4-3-5-13(14)15)27-17-8-7-12(19(23)26-2)9-16(17)21(24)25/h3-11,20H,1-2H3/t11-/m1/s1. The molecule has 138 valence electrons. The number of rotatable bonds is 6. The van der Waals surface area contributed by atoms with Crippen LogP contribution in [0.25, 0.3) is 10.9 Å². The molecule has 0 amide bonds. The first-order valence-corrected chi connectivity index (χ1v) is 8.06. The molecule has 0 spiro atoms. The number of esters is 1. The Balaban J connectivity index is 1.89. The first-order chi connectivity index (χ1) is 12.9. The summed E-state index contributed by atoms with van der Waals surface area (Å²) in [7, 11) is 1.18. The number of ether oxygens (including phenoxy) is 2. The molecule has 8 nitrogen and oxygen atoms in total. The van der Waals surface area contributed by atoms with Crippen LogP contribution in [-0.2, 0) is 4.74 Å². The number of aromatic amines is 1. The minimum atomic E-state index is -0.966. The Morgan fingerprint density at radius 2 is 1.93 bits per heavy atom. The molecule has 3 aromatic rings. The lowest BCUT2D eigenvalue weighted by Crippen LogP contribution is -2.24. The molecule has 0 fully saturated rings. The van der Waals surface area contributed by atoms with Crippen LogP contribution in [0, 0.1) is 10.1 Å². The molecule has 1 atom stereocenters. The van der Waals surface area contributed by atoms with Gasteiger partial charge in [-0.1, -0.05) is 18.2 Å².